The zero-order valence-corrected chi connectivity index (χ0v) is 10.4. The molecule has 0 spiro atoms. The summed E-state index contributed by atoms with van der Waals surface area (Å²) < 4.78 is 4.49. The van der Waals surface area contributed by atoms with Gasteiger partial charge in [-0.1, -0.05) is 0 Å². The lowest BCUT2D eigenvalue weighted by atomic mass is 10.3. The number of rotatable bonds is 6. The van der Waals surface area contributed by atoms with Gasteiger partial charge in [-0.2, -0.15) is 0 Å². The highest BCUT2D eigenvalue weighted by Gasteiger charge is 2.21. The molecule has 0 aromatic rings. The Kier molecular flexibility index (Phi) is 7.08. The third kappa shape index (κ3) is 5.92. The van der Waals surface area contributed by atoms with E-state index in [9.17, 15) is 9.59 Å². The Bertz CT molecular complexity index is 244. The highest BCUT2D eigenvalue weighted by Crippen LogP contribution is 2.27. The van der Waals surface area contributed by atoms with Crippen molar-refractivity contribution in [3.05, 3.63) is 0 Å². The maximum atomic E-state index is 11.3. The van der Waals surface area contributed by atoms with E-state index in [0.717, 1.165) is 12.5 Å². The molecule has 16 heavy (non-hydrogen) atoms. The van der Waals surface area contributed by atoms with Crippen LogP contribution in [-0.2, 0) is 14.3 Å². The molecule has 2 N–H and O–H groups in total. The molecule has 1 amide bonds. The predicted molar refractivity (Wildman–Crippen MR) is 62.5 cm³/mol. The van der Waals surface area contributed by atoms with E-state index >= 15 is 0 Å². The summed E-state index contributed by atoms with van der Waals surface area (Å²) in [5.41, 5.74) is 0. The number of nitrogens with one attached hydrogen (secondary N) is 2. The van der Waals surface area contributed by atoms with Crippen LogP contribution in [0.2, 0.25) is 0 Å². The Morgan fingerprint density at radius 1 is 1.44 bits per heavy atom. The highest BCUT2D eigenvalue weighted by molar-refractivity contribution is 5.85. The molecule has 0 saturated heterocycles. The molecule has 94 valence electrons. The van der Waals surface area contributed by atoms with Gasteiger partial charge in [-0.25, -0.2) is 4.79 Å². The number of hydrogen-bond donors (Lipinski definition) is 2. The van der Waals surface area contributed by atoms with E-state index in [1.54, 1.807) is 6.92 Å². The predicted octanol–water partition coefficient (Wildman–Crippen LogP) is 0.0855. The molecule has 0 aliphatic heterocycles. The summed E-state index contributed by atoms with van der Waals surface area (Å²) in [5, 5.41) is 5.59. The zero-order chi connectivity index (χ0) is 11.3. The van der Waals surface area contributed by atoms with Crippen LogP contribution < -0.4 is 10.6 Å². The standard InChI is InChI=1S/C10H18N2O3.ClH/c1-7(10(14)15-2)12-9(13)6-11-5-8-3-4-8;/h7-8,11H,3-6H2,1-2H3,(H,12,13);1H. The van der Waals surface area contributed by atoms with Crippen molar-refractivity contribution in [1.29, 1.82) is 0 Å². The molecule has 5 nitrogen and oxygen atoms in total. The number of methoxy groups -OCH3 is 1. The summed E-state index contributed by atoms with van der Waals surface area (Å²) >= 11 is 0. The van der Waals surface area contributed by atoms with Crippen molar-refractivity contribution in [2.24, 2.45) is 5.92 Å². The van der Waals surface area contributed by atoms with E-state index in [2.05, 4.69) is 15.4 Å². The highest BCUT2D eigenvalue weighted by atomic mass is 35.5. The number of ether oxygens (including phenoxy) is 1. The van der Waals surface area contributed by atoms with Gasteiger partial charge in [0.05, 0.1) is 13.7 Å². The Balaban J connectivity index is 0.00000225. The first-order valence-electron chi connectivity index (χ1n) is 5.21. The van der Waals surface area contributed by atoms with Crippen molar-refractivity contribution in [3.63, 3.8) is 0 Å². The lowest BCUT2D eigenvalue weighted by molar-refractivity contribution is -0.144. The number of carbonyl (C=O) groups is 2. The van der Waals surface area contributed by atoms with Crippen LogP contribution in [0.3, 0.4) is 0 Å². The first-order chi connectivity index (χ1) is 7.13. The second kappa shape index (κ2) is 7.46. The minimum Gasteiger partial charge on any atom is -0.467 e. The maximum Gasteiger partial charge on any atom is 0.328 e. The van der Waals surface area contributed by atoms with Gasteiger partial charge >= 0.3 is 5.97 Å². The Labute approximate surface area is 102 Å². The first kappa shape index (κ1) is 15.2. The number of halogens is 1. The van der Waals surface area contributed by atoms with Gasteiger partial charge in [-0.05, 0) is 32.2 Å². The molecule has 1 aliphatic rings. The second-order valence-corrected chi connectivity index (χ2v) is 3.89. The summed E-state index contributed by atoms with van der Waals surface area (Å²) in [6, 6.07) is -0.578. The third-order valence-electron chi connectivity index (χ3n) is 2.35. The van der Waals surface area contributed by atoms with E-state index in [-0.39, 0.29) is 24.9 Å². The van der Waals surface area contributed by atoms with E-state index in [1.165, 1.54) is 20.0 Å². The molecule has 0 bridgehead atoms. The lowest BCUT2D eigenvalue weighted by Gasteiger charge is -2.11. The Hall–Kier alpha value is -0.810. The summed E-state index contributed by atoms with van der Waals surface area (Å²) in [4.78, 5) is 22.3. The monoisotopic (exact) mass is 250 g/mol. The molecule has 1 aliphatic carbocycles. The normalized spacial score (nSPS) is 15.9. The van der Waals surface area contributed by atoms with Gasteiger partial charge in [0, 0.05) is 0 Å². The summed E-state index contributed by atoms with van der Waals surface area (Å²) in [7, 11) is 1.30. The lowest BCUT2D eigenvalue weighted by Crippen LogP contribution is -2.43. The molecule has 1 saturated carbocycles. The fourth-order valence-corrected chi connectivity index (χ4v) is 1.24. The molecular formula is C10H19ClN2O3. The minimum atomic E-state index is -0.578. The number of amides is 1. The molecule has 6 heteroatoms. The molecule has 0 radical (unpaired) electrons. The maximum absolute atomic E-state index is 11.3. The van der Waals surface area contributed by atoms with Crippen molar-refractivity contribution in [2.45, 2.75) is 25.8 Å². The quantitative estimate of drug-likeness (QED) is 0.656. The van der Waals surface area contributed by atoms with E-state index in [1.807, 2.05) is 0 Å². The van der Waals surface area contributed by atoms with Crippen LogP contribution in [0.25, 0.3) is 0 Å². The average molecular weight is 251 g/mol. The van der Waals surface area contributed by atoms with Gasteiger partial charge in [0.1, 0.15) is 6.04 Å². The van der Waals surface area contributed by atoms with Gasteiger partial charge in [0.2, 0.25) is 5.91 Å². The van der Waals surface area contributed by atoms with Gasteiger partial charge in [0.15, 0.2) is 0 Å². The van der Waals surface area contributed by atoms with Gasteiger partial charge in [0.25, 0.3) is 0 Å². The third-order valence-corrected chi connectivity index (χ3v) is 2.35. The van der Waals surface area contributed by atoms with Crippen molar-refractivity contribution in [3.8, 4) is 0 Å². The summed E-state index contributed by atoms with van der Waals surface area (Å²) in [6.45, 7) is 2.75. The van der Waals surface area contributed by atoms with Crippen LogP contribution in [0.1, 0.15) is 19.8 Å². The molecule has 1 unspecified atom stereocenters. The zero-order valence-electron chi connectivity index (χ0n) is 9.62. The van der Waals surface area contributed by atoms with Crippen molar-refractivity contribution >= 4 is 24.3 Å². The smallest absolute Gasteiger partial charge is 0.328 e. The Morgan fingerprint density at radius 3 is 2.56 bits per heavy atom. The number of carbonyl (C=O) groups excluding carboxylic acids is 2. The van der Waals surface area contributed by atoms with Gasteiger partial charge in [-0.15, -0.1) is 12.4 Å². The number of esters is 1. The van der Waals surface area contributed by atoms with Crippen molar-refractivity contribution in [1.82, 2.24) is 10.6 Å². The molecule has 0 aromatic heterocycles. The van der Waals surface area contributed by atoms with Crippen LogP contribution in [-0.4, -0.2) is 38.1 Å². The summed E-state index contributed by atoms with van der Waals surface area (Å²) in [5.74, 6) is 0.148. The topological polar surface area (TPSA) is 67.4 Å². The molecule has 1 atom stereocenters. The van der Waals surface area contributed by atoms with Crippen LogP contribution in [0.15, 0.2) is 0 Å². The van der Waals surface area contributed by atoms with Crippen molar-refractivity contribution < 1.29 is 14.3 Å². The number of hydrogen-bond acceptors (Lipinski definition) is 4. The van der Waals surface area contributed by atoms with E-state index < -0.39 is 12.0 Å². The molecule has 1 rings (SSSR count). The van der Waals surface area contributed by atoms with Gasteiger partial charge in [-0.3, -0.25) is 4.79 Å². The van der Waals surface area contributed by atoms with Crippen LogP contribution >= 0.6 is 12.4 Å². The largest absolute Gasteiger partial charge is 0.467 e. The summed E-state index contributed by atoms with van der Waals surface area (Å²) in [6.07, 6.45) is 2.51. The van der Waals surface area contributed by atoms with Crippen LogP contribution in [0.4, 0.5) is 0 Å². The van der Waals surface area contributed by atoms with Crippen LogP contribution in [0.5, 0.6) is 0 Å². The molecule has 0 heterocycles. The van der Waals surface area contributed by atoms with Crippen molar-refractivity contribution in [2.75, 3.05) is 20.2 Å². The van der Waals surface area contributed by atoms with Gasteiger partial charge < -0.3 is 15.4 Å². The molecule has 0 aromatic carbocycles. The molecule has 1 fully saturated rings. The SMILES string of the molecule is COC(=O)C(C)NC(=O)CNCC1CC1.Cl. The minimum absolute atomic E-state index is 0. The van der Waals surface area contributed by atoms with Crippen LogP contribution in [0, 0.1) is 5.92 Å². The first-order valence-corrected chi connectivity index (χ1v) is 5.21. The fraction of sp³-hybridized carbons (Fsp3) is 0.800. The fourth-order valence-electron chi connectivity index (χ4n) is 1.24. The Morgan fingerprint density at radius 2 is 2.06 bits per heavy atom. The average Bonchev–Trinajstić information content (AvgIpc) is 3.00. The molecular weight excluding hydrogens is 232 g/mol. The van der Waals surface area contributed by atoms with E-state index in [4.69, 9.17) is 0 Å². The van der Waals surface area contributed by atoms with E-state index in [0.29, 0.717) is 0 Å². The second-order valence-electron chi connectivity index (χ2n) is 3.89.